The lowest BCUT2D eigenvalue weighted by Gasteiger charge is -2.35. The van der Waals surface area contributed by atoms with Crippen LogP contribution in [-0.2, 0) is 4.79 Å². The first-order chi connectivity index (χ1) is 10.2. The molecule has 0 spiro atoms. The van der Waals surface area contributed by atoms with Crippen LogP contribution in [0.5, 0.6) is 0 Å². The van der Waals surface area contributed by atoms with Crippen LogP contribution < -0.4 is 10.6 Å². The Morgan fingerprint density at radius 2 is 2.19 bits per heavy atom. The number of piperidine rings is 2. The highest BCUT2D eigenvalue weighted by atomic mass is 16.1. The topological polar surface area (TPSA) is 44.4 Å². The molecule has 3 rings (SSSR count). The molecular weight excluding hydrogens is 262 g/mol. The zero-order valence-electron chi connectivity index (χ0n) is 13.4. The quantitative estimate of drug-likeness (QED) is 0.830. The summed E-state index contributed by atoms with van der Waals surface area (Å²) in [6.07, 6.45) is 8.23. The largest absolute Gasteiger partial charge is 0.353 e. The molecule has 3 heterocycles. The molecule has 4 atom stereocenters. The summed E-state index contributed by atoms with van der Waals surface area (Å²) in [6, 6.07) is 1.16. The molecule has 3 aliphatic rings. The van der Waals surface area contributed by atoms with Crippen molar-refractivity contribution in [2.45, 2.75) is 64.0 Å². The molecule has 4 heteroatoms. The first-order valence-corrected chi connectivity index (χ1v) is 8.96. The molecule has 1 amide bonds. The van der Waals surface area contributed by atoms with Gasteiger partial charge >= 0.3 is 0 Å². The highest BCUT2D eigenvalue weighted by molar-refractivity contribution is 5.76. The maximum atomic E-state index is 12.3. The Morgan fingerprint density at radius 1 is 1.29 bits per heavy atom. The monoisotopic (exact) mass is 293 g/mol. The number of nitrogens with zero attached hydrogens (tertiary/aromatic N) is 1. The maximum absolute atomic E-state index is 12.3. The second-order valence-corrected chi connectivity index (χ2v) is 7.41. The van der Waals surface area contributed by atoms with E-state index in [2.05, 4.69) is 22.5 Å². The van der Waals surface area contributed by atoms with Crippen LogP contribution >= 0.6 is 0 Å². The predicted molar refractivity (Wildman–Crippen MR) is 85.1 cm³/mol. The molecule has 4 nitrogen and oxygen atoms in total. The van der Waals surface area contributed by atoms with Gasteiger partial charge in [0.2, 0.25) is 5.91 Å². The summed E-state index contributed by atoms with van der Waals surface area (Å²) in [5.74, 6) is 1.47. The highest BCUT2D eigenvalue weighted by Gasteiger charge is 2.32. The summed E-state index contributed by atoms with van der Waals surface area (Å²) in [7, 11) is 0. The first kappa shape index (κ1) is 15.3. The van der Waals surface area contributed by atoms with Gasteiger partial charge in [0, 0.05) is 25.0 Å². The predicted octanol–water partition coefficient (Wildman–Crippen LogP) is 1.76. The van der Waals surface area contributed by atoms with Gasteiger partial charge in [-0.15, -0.1) is 0 Å². The molecule has 0 radical (unpaired) electrons. The van der Waals surface area contributed by atoms with Crippen LogP contribution in [0.2, 0.25) is 0 Å². The Bertz CT molecular complexity index is 354. The summed E-state index contributed by atoms with van der Waals surface area (Å²) >= 11 is 0. The molecule has 3 saturated heterocycles. The lowest BCUT2D eigenvalue weighted by molar-refractivity contribution is -0.123. The molecule has 0 saturated carbocycles. The summed E-state index contributed by atoms with van der Waals surface area (Å²) < 4.78 is 0. The lowest BCUT2D eigenvalue weighted by atomic mass is 9.85. The molecule has 3 aliphatic heterocycles. The molecular formula is C17H31N3O. The van der Waals surface area contributed by atoms with Gasteiger partial charge in [0.05, 0.1) is 0 Å². The van der Waals surface area contributed by atoms with Crippen molar-refractivity contribution < 1.29 is 4.79 Å². The van der Waals surface area contributed by atoms with E-state index in [4.69, 9.17) is 0 Å². The van der Waals surface area contributed by atoms with Gasteiger partial charge in [-0.25, -0.2) is 0 Å². The van der Waals surface area contributed by atoms with E-state index >= 15 is 0 Å². The number of carbonyl (C=O) groups is 1. The normalized spacial score (nSPS) is 35.2. The van der Waals surface area contributed by atoms with Gasteiger partial charge in [0.15, 0.2) is 0 Å². The average molecular weight is 293 g/mol. The van der Waals surface area contributed by atoms with Crippen molar-refractivity contribution in [2.75, 3.05) is 26.2 Å². The Kier molecular flexibility index (Phi) is 5.17. The minimum Gasteiger partial charge on any atom is -0.353 e. The van der Waals surface area contributed by atoms with Gasteiger partial charge in [0.1, 0.15) is 0 Å². The van der Waals surface area contributed by atoms with E-state index in [0.717, 1.165) is 25.6 Å². The fourth-order valence-electron chi connectivity index (χ4n) is 4.47. The molecule has 4 unspecified atom stereocenters. The van der Waals surface area contributed by atoms with Crippen LogP contribution in [0.15, 0.2) is 0 Å². The van der Waals surface area contributed by atoms with Crippen molar-refractivity contribution >= 4 is 5.91 Å². The van der Waals surface area contributed by atoms with Crippen LogP contribution in [0, 0.1) is 11.8 Å². The highest BCUT2D eigenvalue weighted by Crippen LogP contribution is 2.27. The molecule has 21 heavy (non-hydrogen) atoms. The Balaban J connectivity index is 1.41. The van der Waals surface area contributed by atoms with Gasteiger partial charge in [-0.2, -0.15) is 0 Å². The van der Waals surface area contributed by atoms with Crippen LogP contribution in [0.1, 0.15) is 51.9 Å². The number of hydrogen-bond acceptors (Lipinski definition) is 3. The summed E-state index contributed by atoms with van der Waals surface area (Å²) in [5.41, 5.74) is 0. The third-order valence-corrected chi connectivity index (χ3v) is 5.83. The minimum atomic E-state index is 0.282. The van der Waals surface area contributed by atoms with Crippen LogP contribution in [0.3, 0.4) is 0 Å². The van der Waals surface area contributed by atoms with E-state index in [0.29, 0.717) is 24.3 Å². The zero-order chi connectivity index (χ0) is 14.7. The van der Waals surface area contributed by atoms with Crippen molar-refractivity contribution in [1.82, 2.24) is 15.5 Å². The number of fused-ring (bicyclic) bond motifs is 1. The Labute approximate surface area is 129 Å². The second kappa shape index (κ2) is 7.10. The molecule has 0 aromatic carbocycles. The number of carbonyl (C=O) groups excluding carboxylic acids is 1. The fourth-order valence-corrected chi connectivity index (χ4v) is 4.47. The number of nitrogens with one attached hydrogen (secondary N) is 2. The van der Waals surface area contributed by atoms with Gasteiger partial charge in [0.25, 0.3) is 0 Å². The third kappa shape index (κ3) is 3.98. The van der Waals surface area contributed by atoms with E-state index < -0.39 is 0 Å². The molecule has 0 aromatic heterocycles. The summed E-state index contributed by atoms with van der Waals surface area (Å²) in [5, 5.41) is 6.77. The van der Waals surface area contributed by atoms with E-state index in [-0.39, 0.29) is 5.91 Å². The van der Waals surface area contributed by atoms with Crippen molar-refractivity contribution in [3.63, 3.8) is 0 Å². The van der Waals surface area contributed by atoms with Crippen LogP contribution in [0.4, 0.5) is 0 Å². The van der Waals surface area contributed by atoms with Crippen LogP contribution in [0.25, 0.3) is 0 Å². The van der Waals surface area contributed by atoms with Crippen molar-refractivity contribution in [3.8, 4) is 0 Å². The number of amides is 1. The molecule has 2 N–H and O–H groups in total. The lowest BCUT2D eigenvalue weighted by Crippen LogP contribution is -2.47. The van der Waals surface area contributed by atoms with Gasteiger partial charge < -0.3 is 15.5 Å². The third-order valence-electron chi connectivity index (χ3n) is 5.83. The Hall–Kier alpha value is -0.610. The Morgan fingerprint density at radius 3 is 3.00 bits per heavy atom. The second-order valence-electron chi connectivity index (χ2n) is 7.41. The SMILES string of the molecule is CC(CC(=O)NC1CCN2CCCC2C1)C1CCCNC1. The smallest absolute Gasteiger partial charge is 0.220 e. The van der Waals surface area contributed by atoms with E-state index in [1.165, 1.54) is 45.2 Å². The fraction of sp³-hybridized carbons (Fsp3) is 0.941. The van der Waals surface area contributed by atoms with Crippen LogP contribution in [-0.4, -0.2) is 49.1 Å². The van der Waals surface area contributed by atoms with Gasteiger partial charge in [-0.05, 0) is 70.0 Å². The van der Waals surface area contributed by atoms with Crippen molar-refractivity contribution in [1.29, 1.82) is 0 Å². The molecule has 0 bridgehead atoms. The number of rotatable bonds is 4. The molecule has 120 valence electrons. The molecule has 0 aromatic rings. The minimum absolute atomic E-state index is 0.282. The van der Waals surface area contributed by atoms with Crippen molar-refractivity contribution in [2.24, 2.45) is 11.8 Å². The molecule has 3 fully saturated rings. The average Bonchev–Trinajstić information content (AvgIpc) is 2.95. The van der Waals surface area contributed by atoms with Crippen molar-refractivity contribution in [3.05, 3.63) is 0 Å². The summed E-state index contributed by atoms with van der Waals surface area (Å²) in [4.78, 5) is 14.9. The first-order valence-electron chi connectivity index (χ1n) is 8.96. The van der Waals surface area contributed by atoms with E-state index in [9.17, 15) is 4.79 Å². The van der Waals surface area contributed by atoms with Gasteiger partial charge in [-0.3, -0.25) is 4.79 Å². The summed E-state index contributed by atoms with van der Waals surface area (Å²) in [6.45, 7) is 6.94. The molecule has 0 aliphatic carbocycles. The van der Waals surface area contributed by atoms with E-state index in [1.54, 1.807) is 0 Å². The van der Waals surface area contributed by atoms with E-state index in [1.807, 2.05) is 0 Å². The number of hydrogen-bond donors (Lipinski definition) is 2. The standard InChI is InChI=1S/C17H31N3O/c1-13(14-4-2-7-18-12-14)10-17(21)19-15-6-9-20-8-3-5-16(20)11-15/h13-16,18H,2-12H2,1H3,(H,19,21). The maximum Gasteiger partial charge on any atom is 0.220 e. The zero-order valence-corrected chi connectivity index (χ0v) is 13.4. The van der Waals surface area contributed by atoms with Gasteiger partial charge in [-0.1, -0.05) is 6.92 Å².